The van der Waals surface area contributed by atoms with Gasteiger partial charge in [0.1, 0.15) is 5.82 Å². The van der Waals surface area contributed by atoms with E-state index in [0.717, 1.165) is 0 Å². The number of hydrogen-bond donors (Lipinski definition) is 2. The molecule has 0 fully saturated rings. The van der Waals surface area contributed by atoms with E-state index >= 15 is 0 Å². The molecule has 2 aromatic rings. The molecule has 0 spiro atoms. The van der Waals surface area contributed by atoms with Gasteiger partial charge in [-0.2, -0.15) is 5.10 Å². The van der Waals surface area contributed by atoms with E-state index in [1.165, 1.54) is 0 Å². The molecule has 6 heteroatoms. The van der Waals surface area contributed by atoms with Gasteiger partial charge in [0.2, 0.25) is 0 Å². The second-order valence-electron chi connectivity index (χ2n) is 2.90. The van der Waals surface area contributed by atoms with Gasteiger partial charge >= 0.3 is 0 Å². The molecule has 80 valence electrons. The second kappa shape index (κ2) is 5.13. The predicted molar refractivity (Wildman–Crippen MR) is 66.1 cm³/mol. The lowest BCUT2D eigenvalue weighted by Crippen LogP contribution is -2.20. The summed E-state index contributed by atoms with van der Waals surface area (Å²) in [5, 5.41) is 13.8. The van der Waals surface area contributed by atoms with Crippen LogP contribution in [0.15, 0.2) is 42.7 Å². The maximum absolute atomic E-state index is 5.09. The largest absolute Gasteiger partial charge is 0.317 e. The highest BCUT2D eigenvalue weighted by Crippen LogP contribution is 2.02. The van der Waals surface area contributed by atoms with Crippen molar-refractivity contribution < 1.29 is 0 Å². The summed E-state index contributed by atoms with van der Waals surface area (Å²) < 4.78 is 0. The minimum Gasteiger partial charge on any atom is -0.317 e. The molecule has 2 N–H and O–H groups in total. The van der Waals surface area contributed by atoms with E-state index in [9.17, 15) is 0 Å². The van der Waals surface area contributed by atoms with E-state index in [2.05, 4.69) is 25.8 Å². The van der Waals surface area contributed by atoms with E-state index in [1.54, 1.807) is 24.5 Å². The van der Waals surface area contributed by atoms with Crippen LogP contribution in [-0.4, -0.2) is 20.3 Å². The molecule has 2 heterocycles. The predicted octanol–water partition coefficient (Wildman–Crippen LogP) is 1.68. The summed E-state index contributed by atoms with van der Waals surface area (Å²) in [7, 11) is 0. The van der Waals surface area contributed by atoms with Crippen LogP contribution in [0.4, 0.5) is 11.6 Å². The fraction of sp³-hybridized carbons (Fsp3) is 0. The number of thiocarbonyl (C=S) groups is 1. The van der Waals surface area contributed by atoms with Crippen LogP contribution in [0.1, 0.15) is 0 Å². The normalized spacial score (nSPS) is 9.50. The Kier molecular flexibility index (Phi) is 3.35. The Morgan fingerprint density at radius 2 is 1.81 bits per heavy atom. The van der Waals surface area contributed by atoms with Gasteiger partial charge in [0.05, 0.1) is 0 Å². The number of hydrogen-bond acceptors (Lipinski definition) is 4. The van der Waals surface area contributed by atoms with E-state index < -0.39 is 0 Å². The van der Waals surface area contributed by atoms with Crippen LogP contribution < -0.4 is 10.6 Å². The molecule has 0 aromatic carbocycles. The number of aromatic nitrogens is 3. The molecule has 0 atom stereocenters. The molecule has 0 aliphatic carbocycles. The topological polar surface area (TPSA) is 62.7 Å². The fourth-order valence-electron chi connectivity index (χ4n) is 1.07. The van der Waals surface area contributed by atoms with Crippen LogP contribution >= 0.6 is 12.2 Å². The SMILES string of the molecule is S=C(Nc1ccccn1)Nc1cccnn1. The van der Waals surface area contributed by atoms with E-state index in [-0.39, 0.29) is 0 Å². The summed E-state index contributed by atoms with van der Waals surface area (Å²) in [6, 6.07) is 9.09. The molecule has 0 radical (unpaired) electrons. The highest BCUT2D eigenvalue weighted by molar-refractivity contribution is 7.80. The molecule has 0 saturated heterocycles. The van der Waals surface area contributed by atoms with Crippen molar-refractivity contribution in [3.05, 3.63) is 42.7 Å². The van der Waals surface area contributed by atoms with Crippen molar-refractivity contribution in [3.63, 3.8) is 0 Å². The summed E-state index contributed by atoms with van der Waals surface area (Å²) >= 11 is 5.09. The number of rotatable bonds is 2. The lowest BCUT2D eigenvalue weighted by atomic mass is 10.5. The average Bonchev–Trinajstić information content (AvgIpc) is 2.31. The molecule has 0 amide bonds. The molecule has 0 aliphatic heterocycles. The van der Waals surface area contributed by atoms with Crippen LogP contribution in [0.2, 0.25) is 0 Å². The highest BCUT2D eigenvalue weighted by atomic mass is 32.1. The van der Waals surface area contributed by atoms with Crippen molar-refractivity contribution in [2.45, 2.75) is 0 Å². The Hall–Kier alpha value is -2.08. The summed E-state index contributed by atoms with van der Waals surface area (Å²) in [6.07, 6.45) is 3.29. The molecule has 16 heavy (non-hydrogen) atoms. The van der Waals surface area contributed by atoms with Gasteiger partial charge in [0.25, 0.3) is 0 Å². The van der Waals surface area contributed by atoms with Gasteiger partial charge in [-0.3, -0.25) is 0 Å². The Labute approximate surface area is 97.9 Å². The fourth-order valence-corrected chi connectivity index (χ4v) is 1.28. The maximum atomic E-state index is 5.09. The number of nitrogens with zero attached hydrogens (tertiary/aromatic N) is 3. The van der Waals surface area contributed by atoms with Crippen molar-refractivity contribution >= 4 is 29.0 Å². The smallest absolute Gasteiger partial charge is 0.177 e. The molecule has 5 nitrogen and oxygen atoms in total. The number of pyridine rings is 1. The molecular formula is C10H9N5S. The zero-order valence-corrected chi connectivity index (χ0v) is 9.11. The molecule has 0 bridgehead atoms. The Balaban J connectivity index is 1.95. The van der Waals surface area contributed by atoms with Crippen LogP contribution in [-0.2, 0) is 0 Å². The summed E-state index contributed by atoms with van der Waals surface area (Å²) in [6.45, 7) is 0. The Bertz CT molecular complexity index is 416. The third kappa shape index (κ3) is 2.96. The average molecular weight is 231 g/mol. The maximum Gasteiger partial charge on any atom is 0.177 e. The van der Waals surface area contributed by atoms with E-state index in [1.807, 2.05) is 18.2 Å². The Morgan fingerprint density at radius 1 is 1.00 bits per heavy atom. The molecule has 2 aromatic heterocycles. The van der Waals surface area contributed by atoms with Crippen molar-refractivity contribution in [2.75, 3.05) is 10.6 Å². The van der Waals surface area contributed by atoms with Gasteiger partial charge in [-0.05, 0) is 36.5 Å². The van der Waals surface area contributed by atoms with Crippen molar-refractivity contribution in [1.82, 2.24) is 15.2 Å². The lowest BCUT2D eigenvalue weighted by Gasteiger charge is -2.07. The zero-order chi connectivity index (χ0) is 11.2. The molecule has 2 rings (SSSR count). The van der Waals surface area contributed by atoms with Crippen LogP contribution in [0.5, 0.6) is 0 Å². The van der Waals surface area contributed by atoms with Gasteiger partial charge in [-0.25, -0.2) is 4.98 Å². The van der Waals surface area contributed by atoms with Crippen LogP contribution in [0.25, 0.3) is 0 Å². The first-order valence-corrected chi connectivity index (χ1v) is 5.02. The quantitative estimate of drug-likeness (QED) is 0.767. The van der Waals surface area contributed by atoms with Crippen molar-refractivity contribution in [2.24, 2.45) is 0 Å². The van der Waals surface area contributed by atoms with Gasteiger partial charge in [0, 0.05) is 12.4 Å². The van der Waals surface area contributed by atoms with Gasteiger partial charge in [0.15, 0.2) is 10.9 Å². The van der Waals surface area contributed by atoms with Crippen molar-refractivity contribution in [1.29, 1.82) is 0 Å². The minimum absolute atomic E-state index is 0.430. The molecule has 0 unspecified atom stereocenters. The van der Waals surface area contributed by atoms with Crippen LogP contribution in [0, 0.1) is 0 Å². The summed E-state index contributed by atoms with van der Waals surface area (Å²) in [4.78, 5) is 4.09. The van der Waals surface area contributed by atoms with Gasteiger partial charge in [-0.1, -0.05) is 6.07 Å². The van der Waals surface area contributed by atoms with Crippen LogP contribution in [0.3, 0.4) is 0 Å². The lowest BCUT2D eigenvalue weighted by molar-refractivity contribution is 1.04. The molecule has 0 aliphatic rings. The second-order valence-corrected chi connectivity index (χ2v) is 3.31. The highest BCUT2D eigenvalue weighted by Gasteiger charge is 1.99. The number of nitrogens with one attached hydrogen (secondary N) is 2. The monoisotopic (exact) mass is 231 g/mol. The zero-order valence-electron chi connectivity index (χ0n) is 8.29. The summed E-state index contributed by atoms with van der Waals surface area (Å²) in [5.41, 5.74) is 0. The number of anilines is 2. The van der Waals surface area contributed by atoms with Gasteiger partial charge in [-0.15, -0.1) is 5.10 Å². The molecular weight excluding hydrogens is 222 g/mol. The van der Waals surface area contributed by atoms with E-state index in [4.69, 9.17) is 12.2 Å². The minimum atomic E-state index is 0.430. The first-order chi connectivity index (χ1) is 7.84. The first-order valence-electron chi connectivity index (χ1n) is 4.61. The van der Waals surface area contributed by atoms with E-state index in [0.29, 0.717) is 16.7 Å². The standard InChI is InChI=1S/C10H9N5S/c16-10(13-8-4-1-2-6-11-8)14-9-5-3-7-12-15-9/h1-7H,(H2,11,13,14,15,16). The summed E-state index contributed by atoms with van der Waals surface area (Å²) in [5.74, 6) is 1.28. The third-order valence-electron chi connectivity index (χ3n) is 1.72. The first kappa shape index (κ1) is 10.4. The third-order valence-corrected chi connectivity index (χ3v) is 1.92. The van der Waals surface area contributed by atoms with Gasteiger partial charge < -0.3 is 10.6 Å². The molecule has 0 saturated carbocycles. The Morgan fingerprint density at radius 3 is 2.50 bits per heavy atom. The van der Waals surface area contributed by atoms with Crippen molar-refractivity contribution in [3.8, 4) is 0 Å².